The third-order valence-corrected chi connectivity index (χ3v) is 2.24. The molecule has 0 aliphatic heterocycles. The highest BCUT2D eigenvalue weighted by Gasteiger charge is 2.18. The largest absolute Gasteiger partial charge is 0.396 e. The molecule has 8 heteroatoms. The summed E-state index contributed by atoms with van der Waals surface area (Å²) in [5.41, 5.74) is 5.99. The molecule has 1 aromatic rings. The second kappa shape index (κ2) is 6.60. The van der Waals surface area contributed by atoms with Crippen molar-refractivity contribution in [3.63, 3.8) is 0 Å². The third-order valence-electron chi connectivity index (χ3n) is 2.24. The lowest BCUT2D eigenvalue weighted by Gasteiger charge is -2.16. The Morgan fingerprint density at radius 3 is 2.89 bits per heavy atom. The molecule has 0 saturated heterocycles. The molecule has 0 aliphatic rings. The highest BCUT2D eigenvalue weighted by molar-refractivity contribution is 5.98. The van der Waals surface area contributed by atoms with Gasteiger partial charge in [0.15, 0.2) is 0 Å². The van der Waals surface area contributed by atoms with Crippen LogP contribution in [0, 0.1) is 0 Å². The number of carbonyl (C=O) groups is 2. The van der Waals surface area contributed by atoms with E-state index in [4.69, 9.17) is 10.5 Å². The highest BCUT2D eigenvalue weighted by atomic mass is 16.5. The number of hydrogen-bond acceptors (Lipinski definition) is 5. The summed E-state index contributed by atoms with van der Waals surface area (Å²) in [6, 6.07) is 0. The van der Waals surface area contributed by atoms with Gasteiger partial charge in [-0.05, 0) is 0 Å². The minimum Gasteiger partial charge on any atom is -0.396 e. The predicted octanol–water partition coefficient (Wildman–Crippen LogP) is -1.17. The van der Waals surface area contributed by atoms with Crippen molar-refractivity contribution in [1.82, 2.24) is 20.4 Å². The van der Waals surface area contributed by atoms with Crippen LogP contribution in [0.1, 0.15) is 10.5 Å². The third kappa shape index (κ3) is 3.74. The molecule has 0 radical (unpaired) electrons. The van der Waals surface area contributed by atoms with E-state index < -0.39 is 0 Å². The summed E-state index contributed by atoms with van der Waals surface area (Å²) in [6.07, 6.45) is 1.35. The van der Waals surface area contributed by atoms with E-state index in [0.29, 0.717) is 13.2 Å². The maximum absolute atomic E-state index is 11.9. The molecule has 2 amide bonds. The van der Waals surface area contributed by atoms with Gasteiger partial charge in [0, 0.05) is 20.7 Å². The number of nitrogens with one attached hydrogen (secondary N) is 2. The first-order valence-electron chi connectivity index (χ1n) is 5.36. The van der Waals surface area contributed by atoms with E-state index in [9.17, 15) is 9.59 Å². The van der Waals surface area contributed by atoms with E-state index in [2.05, 4.69) is 15.5 Å². The van der Waals surface area contributed by atoms with E-state index in [0.717, 1.165) is 0 Å². The Labute approximate surface area is 104 Å². The molecule has 0 unspecified atom stereocenters. The number of hydrogen-bond donors (Lipinski definition) is 3. The number of likely N-dealkylation sites (N-methyl/N-ethyl adjacent to an activating group) is 1. The number of carbonyl (C=O) groups excluding carboxylic acids is 2. The molecule has 1 rings (SSSR count). The summed E-state index contributed by atoms with van der Waals surface area (Å²) in [5.74, 6) is -0.645. The second-order valence-electron chi connectivity index (χ2n) is 3.70. The van der Waals surface area contributed by atoms with Crippen molar-refractivity contribution in [3.05, 3.63) is 11.9 Å². The van der Waals surface area contributed by atoms with Crippen molar-refractivity contribution in [3.8, 4) is 0 Å². The lowest BCUT2D eigenvalue weighted by molar-refractivity contribution is -0.121. The van der Waals surface area contributed by atoms with Crippen molar-refractivity contribution in [2.75, 3.05) is 39.6 Å². The minimum atomic E-state index is -0.383. The Kier molecular flexibility index (Phi) is 5.12. The average Bonchev–Trinajstić information content (AvgIpc) is 2.74. The number of aromatic nitrogens is 2. The lowest BCUT2D eigenvalue weighted by atomic mass is 10.3. The number of ether oxygens (including phenoxy) is 1. The van der Waals surface area contributed by atoms with Gasteiger partial charge in [0.2, 0.25) is 5.91 Å². The zero-order valence-corrected chi connectivity index (χ0v) is 10.4. The van der Waals surface area contributed by atoms with Gasteiger partial charge in [-0.3, -0.25) is 14.7 Å². The van der Waals surface area contributed by atoms with Gasteiger partial charge in [-0.25, -0.2) is 0 Å². The Bertz CT molecular complexity index is 417. The number of methoxy groups -OCH3 is 1. The van der Waals surface area contributed by atoms with Gasteiger partial charge < -0.3 is 20.7 Å². The molecule has 8 nitrogen and oxygen atoms in total. The number of anilines is 1. The Morgan fingerprint density at radius 2 is 2.33 bits per heavy atom. The van der Waals surface area contributed by atoms with E-state index in [1.807, 2.05) is 0 Å². The monoisotopic (exact) mass is 255 g/mol. The molecule has 0 aliphatic carbocycles. The standard InChI is InChI=1S/C10H17N5O3/c1-15(6-8(16)12-3-4-18-2)10(17)9-7(11)5-13-14-9/h5H,3-4,6,11H2,1-2H3,(H,12,16)(H,13,14). The van der Waals surface area contributed by atoms with Crippen molar-refractivity contribution >= 4 is 17.5 Å². The Morgan fingerprint density at radius 1 is 1.61 bits per heavy atom. The van der Waals surface area contributed by atoms with Crippen LogP contribution in [0.5, 0.6) is 0 Å². The van der Waals surface area contributed by atoms with Crippen molar-refractivity contribution in [2.45, 2.75) is 0 Å². The van der Waals surface area contributed by atoms with Crippen LogP contribution in [0.25, 0.3) is 0 Å². The van der Waals surface area contributed by atoms with Gasteiger partial charge in [0.1, 0.15) is 5.69 Å². The Balaban J connectivity index is 2.45. The zero-order chi connectivity index (χ0) is 13.5. The fourth-order valence-electron chi connectivity index (χ4n) is 1.29. The molecule has 1 aromatic heterocycles. The van der Waals surface area contributed by atoms with Crippen LogP contribution in [0.3, 0.4) is 0 Å². The number of nitrogens with two attached hydrogens (primary N) is 1. The zero-order valence-electron chi connectivity index (χ0n) is 10.4. The van der Waals surface area contributed by atoms with Crippen molar-refractivity contribution in [2.24, 2.45) is 0 Å². The lowest BCUT2D eigenvalue weighted by Crippen LogP contribution is -2.39. The minimum absolute atomic E-state index is 0.0546. The Hall–Kier alpha value is -2.09. The number of nitrogen functional groups attached to an aromatic ring is 1. The van der Waals surface area contributed by atoms with Crippen LogP contribution in [0.2, 0.25) is 0 Å². The number of aromatic amines is 1. The normalized spacial score (nSPS) is 10.1. The van der Waals surface area contributed by atoms with Gasteiger partial charge in [-0.15, -0.1) is 0 Å². The van der Waals surface area contributed by atoms with Crippen LogP contribution in [0.4, 0.5) is 5.69 Å². The van der Waals surface area contributed by atoms with Crippen LogP contribution < -0.4 is 11.1 Å². The summed E-state index contributed by atoms with van der Waals surface area (Å²) >= 11 is 0. The van der Waals surface area contributed by atoms with Crippen LogP contribution in [0.15, 0.2) is 6.20 Å². The van der Waals surface area contributed by atoms with Gasteiger partial charge in [0.25, 0.3) is 5.91 Å². The molecule has 0 fully saturated rings. The van der Waals surface area contributed by atoms with Crippen molar-refractivity contribution < 1.29 is 14.3 Å². The molecule has 18 heavy (non-hydrogen) atoms. The molecule has 0 saturated carbocycles. The quantitative estimate of drug-likeness (QED) is 0.554. The second-order valence-corrected chi connectivity index (χ2v) is 3.70. The van der Waals surface area contributed by atoms with Gasteiger partial charge in [-0.2, -0.15) is 5.10 Å². The molecule has 0 bridgehead atoms. The molecule has 4 N–H and O–H groups in total. The summed E-state index contributed by atoms with van der Waals surface area (Å²) in [4.78, 5) is 24.6. The van der Waals surface area contributed by atoms with Gasteiger partial charge >= 0.3 is 0 Å². The van der Waals surface area contributed by atoms with Crippen LogP contribution >= 0.6 is 0 Å². The predicted molar refractivity (Wildman–Crippen MR) is 64.8 cm³/mol. The molecule has 0 atom stereocenters. The SMILES string of the molecule is COCCNC(=O)CN(C)C(=O)c1[nH]ncc1N. The molecular formula is C10H17N5O3. The maximum Gasteiger partial charge on any atom is 0.274 e. The topological polar surface area (TPSA) is 113 Å². The highest BCUT2D eigenvalue weighted by Crippen LogP contribution is 2.08. The fourth-order valence-corrected chi connectivity index (χ4v) is 1.29. The molecule has 100 valence electrons. The molecule has 0 aromatic carbocycles. The smallest absolute Gasteiger partial charge is 0.274 e. The van der Waals surface area contributed by atoms with E-state index in [1.54, 1.807) is 7.11 Å². The fraction of sp³-hybridized carbons (Fsp3) is 0.500. The summed E-state index contributed by atoms with van der Waals surface area (Å²) in [7, 11) is 3.06. The average molecular weight is 255 g/mol. The molecule has 1 heterocycles. The number of rotatable bonds is 6. The van der Waals surface area contributed by atoms with Crippen LogP contribution in [-0.4, -0.2) is 60.8 Å². The number of H-pyrrole nitrogens is 1. The summed E-state index contributed by atoms with van der Waals surface area (Å²) < 4.78 is 4.79. The number of amides is 2. The first-order chi connectivity index (χ1) is 8.56. The summed E-state index contributed by atoms with van der Waals surface area (Å²) in [6.45, 7) is 0.779. The first-order valence-corrected chi connectivity index (χ1v) is 5.36. The van der Waals surface area contributed by atoms with E-state index in [-0.39, 0.29) is 29.7 Å². The van der Waals surface area contributed by atoms with E-state index >= 15 is 0 Å². The maximum atomic E-state index is 11.9. The molecular weight excluding hydrogens is 238 g/mol. The van der Waals surface area contributed by atoms with Gasteiger partial charge in [-0.1, -0.05) is 0 Å². The molecule has 0 spiro atoms. The van der Waals surface area contributed by atoms with Crippen LogP contribution in [-0.2, 0) is 9.53 Å². The van der Waals surface area contributed by atoms with Crippen molar-refractivity contribution in [1.29, 1.82) is 0 Å². The first kappa shape index (κ1) is 14.0. The number of nitrogens with zero attached hydrogens (tertiary/aromatic N) is 2. The van der Waals surface area contributed by atoms with E-state index in [1.165, 1.54) is 18.1 Å². The van der Waals surface area contributed by atoms with Gasteiger partial charge in [0.05, 0.1) is 25.0 Å². The summed E-state index contributed by atoms with van der Waals surface area (Å²) in [5, 5.41) is 8.76.